The molecule has 0 unspecified atom stereocenters. The van der Waals surface area contributed by atoms with Gasteiger partial charge in [0.2, 0.25) is 11.8 Å². The van der Waals surface area contributed by atoms with Gasteiger partial charge >= 0.3 is 0 Å². The van der Waals surface area contributed by atoms with E-state index in [-0.39, 0.29) is 23.4 Å². The van der Waals surface area contributed by atoms with Crippen molar-refractivity contribution in [3.05, 3.63) is 94.0 Å². The summed E-state index contributed by atoms with van der Waals surface area (Å²) in [6.07, 6.45) is 3.99. The number of rotatable bonds is 10. The second-order valence-corrected chi connectivity index (χ2v) is 13.1. The van der Waals surface area contributed by atoms with Crippen molar-refractivity contribution in [2.75, 3.05) is 10.8 Å². The fourth-order valence-electron chi connectivity index (χ4n) is 5.05. The Morgan fingerprint density at radius 3 is 2.33 bits per heavy atom. The summed E-state index contributed by atoms with van der Waals surface area (Å²) in [4.78, 5) is 29.0. The summed E-state index contributed by atoms with van der Waals surface area (Å²) in [5.74, 6) is -0.700. The number of benzene rings is 3. The van der Waals surface area contributed by atoms with Crippen LogP contribution in [0.25, 0.3) is 0 Å². The van der Waals surface area contributed by atoms with Crippen molar-refractivity contribution < 1.29 is 18.0 Å². The van der Waals surface area contributed by atoms with Gasteiger partial charge in [-0.15, -0.1) is 0 Å². The molecule has 212 valence electrons. The van der Waals surface area contributed by atoms with E-state index in [1.54, 1.807) is 37.3 Å². The quantitative estimate of drug-likeness (QED) is 0.311. The van der Waals surface area contributed by atoms with Crippen LogP contribution >= 0.6 is 15.9 Å². The van der Waals surface area contributed by atoms with Gasteiger partial charge in [-0.25, -0.2) is 8.42 Å². The molecule has 3 aromatic carbocycles. The lowest BCUT2D eigenvalue weighted by Crippen LogP contribution is -2.52. The molecule has 3 aromatic rings. The van der Waals surface area contributed by atoms with E-state index in [1.807, 2.05) is 44.2 Å². The number of halogens is 1. The minimum absolute atomic E-state index is 0.0919. The van der Waals surface area contributed by atoms with Crippen molar-refractivity contribution >= 4 is 43.5 Å². The molecule has 4 rings (SSSR count). The van der Waals surface area contributed by atoms with Gasteiger partial charge in [0.1, 0.15) is 12.6 Å². The number of hydrogen-bond donors (Lipinski definition) is 1. The summed E-state index contributed by atoms with van der Waals surface area (Å²) in [6.45, 7) is 5.16. The molecular weight excluding hydrogens is 590 g/mol. The van der Waals surface area contributed by atoms with Crippen molar-refractivity contribution in [1.29, 1.82) is 0 Å². The second-order valence-electron chi connectivity index (χ2n) is 10.4. The topological polar surface area (TPSA) is 86.8 Å². The molecule has 0 saturated heterocycles. The zero-order valence-corrected chi connectivity index (χ0v) is 25.5. The van der Waals surface area contributed by atoms with E-state index < -0.39 is 28.5 Å². The molecule has 0 radical (unpaired) electrons. The van der Waals surface area contributed by atoms with Crippen molar-refractivity contribution in [2.24, 2.45) is 0 Å². The number of carbonyl (C=O) groups is 2. The van der Waals surface area contributed by atoms with E-state index in [4.69, 9.17) is 0 Å². The van der Waals surface area contributed by atoms with Gasteiger partial charge < -0.3 is 10.2 Å². The minimum Gasteiger partial charge on any atom is -0.352 e. The number of amides is 2. The Morgan fingerprint density at radius 1 is 0.975 bits per heavy atom. The Labute approximate surface area is 245 Å². The Balaban J connectivity index is 1.71. The monoisotopic (exact) mass is 625 g/mol. The highest BCUT2D eigenvalue weighted by Crippen LogP contribution is 2.29. The molecule has 1 saturated carbocycles. The zero-order chi connectivity index (χ0) is 28.9. The summed E-state index contributed by atoms with van der Waals surface area (Å²) in [7, 11) is -4.09. The van der Waals surface area contributed by atoms with Crippen LogP contribution in [0.2, 0.25) is 0 Å². The predicted octanol–water partition coefficient (Wildman–Crippen LogP) is 5.74. The summed E-state index contributed by atoms with van der Waals surface area (Å²) in [6, 6.07) is 20.3. The van der Waals surface area contributed by atoms with Crippen LogP contribution in [0.5, 0.6) is 0 Å². The largest absolute Gasteiger partial charge is 0.352 e. The summed E-state index contributed by atoms with van der Waals surface area (Å²) in [5.41, 5.74) is 2.93. The Kier molecular flexibility index (Phi) is 9.68. The van der Waals surface area contributed by atoms with Gasteiger partial charge in [-0.3, -0.25) is 13.9 Å². The van der Waals surface area contributed by atoms with Gasteiger partial charge in [-0.2, -0.15) is 0 Å². The van der Waals surface area contributed by atoms with Gasteiger partial charge in [-0.1, -0.05) is 71.2 Å². The van der Waals surface area contributed by atoms with Crippen molar-refractivity contribution in [2.45, 2.75) is 70.0 Å². The first kappa shape index (κ1) is 29.8. The van der Waals surface area contributed by atoms with E-state index in [0.29, 0.717) is 5.69 Å². The first-order valence-electron chi connectivity index (χ1n) is 13.6. The first-order valence-corrected chi connectivity index (χ1v) is 15.8. The van der Waals surface area contributed by atoms with E-state index in [9.17, 15) is 18.0 Å². The third-order valence-electron chi connectivity index (χ3n) is 7.57. The van der Waals surface area contributed by atoms with Gasteiger partial charge in [0, 0.05) is 17.1 Å². The lowest BCUT2D eigenvalue weighted by Gasteiger charge is -2.33. The number of hydrogen-bond acceptors (Lipinski definition) is 4. The normalized spacial score (nSPS) is 14.5. The molecule has 0 aromatic heterocycles. The van der Waals surface area contributed by atoms with Crippen LogP contribution in [0.4, 0.5) is 5.69 Å². The smallest absolute Gasteiger partial charge is 0.264 e. The highest BCUT2D eigenvalue weighted by Gasteiger charge is 2.34. The number of sulfonamides is 1. The van der Waals surface area contributed by atoms with Gasteiger partial charge in [0.05, 0.1) is 10.6 Å². The number of anilines is 1. The Morgan fingerprint density at radius 2 is 1.65 bits per heavy atom. The summed E-state index contributed by atoms with van der Waals surface area (Å²) in [5, 5.41) is 3.09. The SMILES string of the molecule is Cc1cccc(N(CC(=O)N(Cc2cccc(Br)c2)[C@H](C)C(=O)NC2CCCC2)S(=O)(=O)c2ccccc2)c1C. The molecule has 0 heterocycles. The molecular formula is C31H36BrN3O4S. The number of aryl methyl sites for hydroxylation is 1. The lowest BCUT2D eigenvalue weighted by molar-refractivity contribution is -0.139. The van der Waals surface area contributed by atoms with Crippen LogP contribution in [0.1, 0.15) is 49.3 Å². The summed E-state index contributed by atoms with van der Waals surface area (Å²) >= 11 is 3.48. The third kappa shape index (κ3) is 6.93. The average molecular weight is 627 g/mol. The highest BCUT2D eigenvalue weighted by atomic mass is 79.9. The molecule has 0 aliphatic heterocycles. The van der Waals surface area contributed by atoms with Crippen LogP contribution in [-0.2, 0) is 26.2 Å². The Bertz CT molecular complexity index is 1460. The predicted molar refractivity (Wildman–Crippen MR) is 161 cm³/mol. The maximum atomic E-state index is 14.1. The fourth-order valence-corrected chi connectivity index (χ4v) is 6.98. The van der Waals surface area contributed by atoms with Gasteiger partial charge in [0.25, 0.3) is 10.0 Å². The van der Waals surface area contributed by atoms with E-state index >= 15 is 0 Å². The molecule has 2 amide bonds. The maximum absolute atomic E-state index is 14.1. The minimum atomic E-state index is -4.09. The second kappa shape index (κ2) is 13.0. The fraction of sp³-hybridized carbons (Fsp3) is 0.355. The third-order valence-corrected chi connectivity index (χ3v) is 9.83. The van der Waals surface area contributed by atoms with Crippen LogP contribution in [0, 0.1) is 13.8 Å². The van der Waals surface area contributed by atoms with Gasteiger partial charge in [-0.05, 0) is 80.6 Å². The zero-order valence-electron chi connectivity index (χ0n) is 23.1. The van der Waals surface area contributed by atoms with E-state index in [2.05, 4.69) is 21.2 Å². The molecule has 0 spiro atoms. The number of carbonyl (C=O) groups excluding carboxylic acids is 2. The molecule has 1 aliphatic carbocycles. The molecule has 7 nitrogen and oxygen atoms in total. The number of nitrogens with one attached hydrogen (secondary N) is 1. The van der Waals surface area contributed by atoms with E-state index in [0.717, 1.165) is 46.8 Å². The maximum Gasteiger partial charge on any atom is 0.264 e. The van der Waals surface area contributed by atoms with Crippen molar-refractivity contribution in [3.63, 3.8) is 0 Å². The Hall–Kier alpha value is -3.17. The summed E-state index contributed by atoms with van der Waals surface area (Å²) < 4.78 is 29.9. The molecule has 9 heteroatoms. The standard InChI is InChI=1S/C31H36BrN3O4S/c1-22-11-9-18-29(23(22)2)35(40(38,39)28-16-5-4-6-17-28)21-30(36)34(20-25-12-10-13-26(32)19-25)24(3)31(37)33-27-14-7-8-15-27/h4-6,9-13,16-19,24,27H,7-8,14-15,20-21H2,1-3H3,(H,33,37)/t24-/m1/s1. The lowest BCUT2D eigenvalue weighted by atomic mass is 10.1. The van der Waals surface area contributed by atoms with Crippen LogP contribution in [0.3, 0.4) is 0 Å². The van der Waals surface area contributed by atoms with Crippen LogP contribution < -0.4 is 9.62 Å². The molecule has 1 atom stereocenters. The van der Waals surface area contributed by atoms with Crippen molar-refractivity contribution in [1.82, 2.24) is 10.2 Å². The van der Waals surface area contributed by atoms with Crippen molar-refractivity contribution in [3.8, 4) is 0 Å². The van der Waals surface area contributed by atoms with Crippen LogP contribution in [0.15, 0.2) is 82.2 Å². The average Bonchev–Trinajstić information content (AvgIpc) is 3.45. The first-order chi connectivity index (χ1) is 19.1. The molecule has 1 aliphatic rings. The van der Waals surface area contributed by atoms with E-state index in [1.165, 1.54) is 21.3 Å². The van der Waals surface area contributed by atoms with Crippen LogP contribution in [-0.4, -0.2) is 43.8 Å². The number of nitrogens with zero attached hydrogens (tertiary/aromatic N) is 2. The molecule has 40 heavy (non-hydrogen) atoms. The van der Waals surface area contributed by atoms with Gasteiger partial charge in [0.15, 0.2) is 0 Å². The highest BCUT2D eigenvalue weighted by molar-refractivity contribution is 9.10. The molecule has 1 N–H and O–H groups in total. The molecule has 1 fully saturated rings. The molecule has 0 bridgehead atoms.